The molecule has 1 heterocycles. The molecule has 0 spiro atoms. The topological polar surface area (TPSA) is 99.5 Å². The van der Waals surface area contributed by atoms with Crippen LogP contribution in [0, 0.1) is 5.82 Å². The van der Waals surface area contributed by atoms with Crippen molar-refractivity contribution in [2.45, 2.75) is 19.9 Å². The molecule has 0 aliphatic rings. The van der Waals surface area contributed by atoms with Gasteiger partial charge in [-0.15, -0.1) is 0 Å². The predicted octanol–water partition coefficient (Wildman–Crippen LogP) is 2.51. The Morgan fingerprint density at radius 1 is 1.20 bits per heavy atom. The van der Waals surface area contributed by atoms with E-state index in [1.54, 1.807) is 24.3 Å². The molecule has 0 fully saturated rings. The maximum atomic E-state index is 13.5. The third kappa shape index (κ3) is 5.40. The van der Waals surface area contributed by atoms with Crippen LogP contribution < -0.4 is 15.6 Å². The number of hydrogen-bond acceptors (Lipinski definition) is 6. The van der Waals surface area contributed by atoms with E-state index in [2.05, 4.69) is 15.0 Å². The largest absolute Gasteiger partial charge is 0.490 e. The van der Waals surface area contributed by atoms with Gasteiger partial charge in [0.25, 0.3) is 11.5 Å². The number of benzene rings is 2. The molecule has 156 valence electrons. The molecule has 2 aromatic carbocycles. The predicted molar refractivity (Wildman–Crippen MR) is 108 cm³/mol. The summed E-state index contributed by atoms with van der Waals surface area (Å²) < 4.78 is 25.0. The van der Waals surface area contributed by atoms with Crippen LogP contribution in [0.25, 0.3) is 10.9 Å². The number of aryl methyl sites for hydroxylation is 1. The lowest BCUT2D eigenvalue weighted by Gasteiger charge is -2.10. The molecule has 0 aliphatic carbocycles. The molecule has 0 bridgehead atoms. The van der Waals surface area contributed by atoms with E-state index in [0.717, 1.165) is 0 Å². The number of ether oxygens (including phenoxy) is 2. The molecule has 0 saturated heterocycles. The minimum absolute atomic E-state index is 0.163. The molecule has 1 amide bonds. The molecule has 1 aromatic heterocycles. The lowest BCUT2D eigenvalue weighted by Crippen LogP contribution is -2.22. The van der Waals surface area contributed by atoms with E-state index in [0.29, 0.717) is 29.6 Å². The highest BCUT2D eigenvalue weighted by molar-refractivity contribution is 5.94. The summed E-state index contributed by atoms with van der Waals surface area (Å²) in [7, 11) is 0. The summed E-state index contributed by atoms with van der Waals surface area (Å²) >= 11 is 0. The Morgan fingerprint density at radius 3 is 2.77 bits per heavy atom. The van der Waals surface area contributed by atoms with Crippen LogP contribution in [0.1, 0.15) is 13.3 Å². The van der Waals surface area contributed by atoms with Gasteiger partial charge >= 0.3 is 5.97 Å². The molecule has 1 N–H and O–H groups in total. The van der Waals surface area contributed by atoms with Gasteiger partial charge in [0.05, 0.1) is 23.8 Å². The van der Waals surface area contributed by atoms with Gasteiger partial charge in [-0.2, -0.15) is 0 Å². The van der Waals surface area contributed by atoms with Crippen LogP contribution in [0.2, 0.25) is 0 Å². The van der Waals surface area contributed by atoms with Crippen molar-refractivity contribution in [1.29, 1.82) is 0 Å². The first-order valence-electron chi connectivity index (χ1n) is 9.24. The first-order valence-corrected chi connectivity index (χ1v) is 9.24. The molecular formula is C21H20FN3O5. The number of amides is 1. The number of aromatic nitrogens is 2. The Bertz CT molecular complexity index is 1130. The highest BCUT2D eigenvalue weighted by atomic mass is 19.1. The molecule has 0 unspecified atom stereocenters. The van der Waals surface area contributed by atoms with Crippen molar-refractivity contribution < 1.29 is 23.5 Å². The number of anilines is 1. The third-order valence-corrected chi connectivity index (χ3v) is 4.15. The zero-order valence-electron chi connectivity index (χ0n) is 16.3. The van der Waals surface area contributed by atoms with E-state index in [4.69, 9.17) is 4.74 Å². The second kappa shape index (κ2) is 9.64. The molecule has 9 heteroatoms. The number of rotatable bonds is 8. The fourth-order valence-corrected chi connectivity index (χ4v) is 2.74. The Kier molecular flexibility index (Phi) is 6.74. The van der Waals surface area contributed by atoms with Crippen LogP contribution in [0.3, 0.4) is 0 Å². The van der Waals surface area contributed by atoms with Crippen molar-refractivity contribution >= 4 is 28.5 Å². The smallest absolute Gasteiger partial charge is 0.303 e. The summed E-state index contributed by atoms with van der Waals surface area (Å²) in [5, 5.41) is 2.90. The van der Waals surface area contributed by atoms with Gasteiger partial charge in [0, 0.05) is 19.2 Å². The molecule has 0 saturated carbocycles. The number of carbonyl (C=O) groups excluding carboxylic acids is 2. The van der Waals surface area contributed by atoms with Crippen LogP contribution in [0.4, 0.5) is 10.1 Å². The molecule has 3 rings (SSSR count). The molecule has 30 heavy (non-hydrogen) atoms. The number of hydrogen-bond donors (Lipinski definition) is 1. The maximum Gasteiger partial charge on any atom is 0.303 e. The zero-order chi connectivity index (χ0) is 21.5. The van der Waals surface area contributed by atoms with Gasteiger partial charge in [0.1, 0.15) is 0 Å². The van der Waals surface area contributed by atoms with E-state index in [1.165, 1.54) is 36.0 Å². The Balaban J connectivity index is 1.65. The van der Waals surface area contributed by atoms with Gasteiger partial charge in [0.15, 0.2) is 18.2 Å². The Hall–Kier alpha value is -3.75. The fourth-order valence-electron chi connectivity index (χ4n) is 2.74. The van der Waals surface area contributed by atoms with E-state index in [9.17, 15) is 18.8 Å². The lowest BCUT2D eigenvalue weighted by molar-refractivity contribution is -0.144. The highest BCUT2D eigenvalue weighted by Gasteiger charge is 2.09. The van der Waals surface area contributed by atoms with Crippen molar-refractivity contribution in [2.75, 3.05) is 18.5 Å². The van der Waals surface area contributed by atoms with Crippen molar-refractivity contribution in [1.82, 2.24) is 9.55 Å². The standard InChI is InChI=1S/C21H20FN3O5/c1-14(26)30-12-20(27)24-15-7-8-18-16(11-15)21(28)25(13-23-18)9-4-10-29-19-6-3-2-5-17(19)22/h2-3,5-8,11,13H,4,9-10,12H2,1H3,(H,24,27). The summed E-state index contributed by atoms with van der Waals surface area (Å²) in [6, 6.07) is 10.8. The molecular weight excluding hydrogens is 393 g/mol. The van der Waals surface area contributed by atoms with Gasteiger partial charge in [-0.25, -0.2) is 9.37 Å². The molecule has 8 nitrogen and oxygen atoms in total. The van der Waals surface area contributed by atoms with Gasteiger partial charge in [-0.05, 0) is 36.8 Å². The van der Waals surface area contributed by atoms with E-state index < -0.39 is 24.3 Å². The van der Waals surface area contributed by atoms with Crippen molar-refractivity contribution in [3.63, 3.8) is 0 Å². The van der Waals surface area contributed by atoms with Crippen LogP contribution in [0.15, 0.2) is 53.6 Å². The highest BCUT2D eigenvalue weighted by Crippen LogP contribution is 2.16. The summed E-state index contributed by atoms with van der Waals surface area (Å²) in [5.74, 6) is -1.35. The van der Waals surface area contributed by atoms with Crippen molar-refractivity contribution in [2.24, 2.45) is 0 Å². The normalized spacial score (nSPS) is 10.6. The van der Waals surface area contributed by atoms with Crippen LogP contribution in [-0.2, 0) is 20.9 Å². The number of fused-ring (bicyclic) bond motifs is 1. The lowest BCUT2D eigenvalue weighted by atomic mass is 10.2. The van der Waals surface area contributed by atoms with Crippen molar-refractivity contribution in [3.8, 4) is 5.75 Å². The van der Waals surface area contributed by atoms with Gasteiger partial charge in [-0.3, -0.25) is 19.0 Å². The minimum atomic E-state index is -0.560. The second-order valence-electron chi connectivity index (χ2n) is 6.44. The molecule has 0 radical (unpaired) electrons. The minimum Gasteiger partial charge on any atom is -0.490 e. The zero-order valence-corrected chi connectivity index (χ0v) is 16.3. The van der Waals surface area contributed by atoms with E-state index >= 15 is 0 Å². The molecule has 0 aliphatic heterocycles. The Labute approximate surface area is 171 Å². The van der Waals surface area contributed by atoms with Crippen LogP contribution in [0.5, 0.6) is 5.75 Å². The molecule has 0 atom stereocenters. The first kappa shape index (κ1) is 21.0. The summed E-state index contributed by atoms with van der Waals surface area (Å²) in [6.45, 7) is 1.36. The second-order valence-corrected chi connectivity index (χ2v) is 6.44. The van der Waals surface area contributed by atoms with Crippen LogP contribution in [-0.4, -0.2) is 34.6 Å². The van der Waals surface area contributed by atoms with Crippen LogP contribution >= 0.6 is 0 Å². The molecule has 3 aromatic rings. The monoisotopic (exact) mass is 413 g/mol. The average Bonchev–Trinajstić information content (AvgIpc) is 2.72. The van der Waals surface area contributed by atoms with Crippen molar-refractivity contribution in [3.05, 3.63) is 65.0 Å². The summed E-state index contributed by atoms with van der Waals surface area (Å²) in [4.78, 5) is 39.6. The number of halogens is 1. The SMILES string of the molecule is CC(=O)OCC(=O)Nc1ccc2ncn(CCCOc3ccccc3F)c(=O)c2c1. The number of nitrogens with one attached hydrogen (secondary N) is 1. The quantitative estimate of drug-likeness (QED) is 0.450. The van der Waals surface area contributed by atoms with E-state index in [-0.39, 0.29) is 17.9 Å². The summed E-state index contributed by atoms with van der Waals surface area (Å²) in [6.07, 6.45) is 1.91. The third-order valence-electron chi connectivity index (χ3n) is 4.15. The number of esters is 1. The maximum absolute atomic E-state index is 13.5. The van der Waals surface area contributed by atoms with E-state index in [1.807, 2.05) is 0 Å². The van der Waals surface area contributed by atoms with Gasteiger partial charge in [-0.1, -0.05) is 12.1 Å². The van der Waals surface area contributed by atoms with Gasteiger partial charge < -0.3 is 14.8 Å². The number of para-hydroxylation sites is 1. The number of carbonyl (C=O) groups is 2. The first-order chi connectivity index (χ1) is 14.4. The number of nitrogens with zero attached hydrogens (tertiary/aromatic N) is 2. The Morgan fingerprint density at radius 2 is 2.00 bits per heavy atom. The summed E-state index contributed by atoms with van der Waals surface area (Å²) in [5.41, 5.74) is 0.595. The fraction of sp³-hybridized carbons (Fsp3) is 0.238. The van der Waals surface area contributed by atoms with Gasteiger partial charge in [0.2, 0.25) is 0 Å². The average molecular weight is 413 g/mol.